The summed E-state index contributed by atoms with van der Waals surface area (Å²) in [5.41, 5.74) is 0. The van der Waals surface area contributed by atoms with Gasteiger partial charge in [-0.3, -0.25) is 0 Å². The van der Waals surface area contributed by atoms with Gasteiger partial charge in [0.1, 0.15) is 0 Å². The first-order valence-corrected chi connectivity index (χ1v) is 4.65. The van der Waals surface area contributed by atoms with E-state index in [4.69, 9.17) is 0 Å². The lowest BCUT2D eigenvalue weighted by Gasteiger charge is -2.10. The summed E-state index contributed by atoms with van der Waals surface area (Å²) in [6.07, 6.45) is 2.01. The molecule has 0 fully saturated rings. The molecule has 0 aromatic rings. The molecular formula is C9H21F2N. The third-order valence-electron chi connectivity index (χ3n) is 1.14. The van der Waals surface area contributed by atoms with Gasteiger partial charge in [0.05, 0.1) is 6.54 Å². The molecule has 0 heterocycles. The van der Waals surface area contributed by atoms with Crippen molar-refractivity contribution in [2.24, 2.45) is 0 Å². The molecule has 1 N–H and O–H groups in total. The van der Waals surface area contributed by atoms with Crippen LogP contribution in [0.1, 0.15) is 40.5 Å². The Balaban J connectivity index is 0. The largest absolute Gasteiger partial charge is 0.311 e. The van der Waals surface area contributed by atoms with Gasteiger partial charge in [0.2, 0.25) is 0 Å². The van der Waals surface area contributed by atoms with Gasteiger partial charge in [0.25, 0.3) is 5.92 Å². The molecule has 0 aliphatic carbocycles. The van der Waals surface area contributed by atoms with Crippen molar-refractivity contribution in [3.8, 4) is 0 Å². The number of nitrogens with one attached hydrogen (secondary N) is 1. The van der Waals surface area contributed by atoms with E-state index in [-0.39, 0.29) is 6.54 Å². The molecular weight excluding hydrogens is 160 g/mol. The molecule has 0 spiro atoms. The Kier molecular flexibility index (Phi) is 10.7. The number of hydrogen-bond donors (Lipinski definition) is 1. The summed E-state index contributed by atoms with van der Waals surface area (Å²) < 4.78 is 24.2. The number of hydrogen-bond acceptors (Lipinski definition) is 1. The molecule has 0 bridgehead atoms. The summed E-state index contributed by atoms with van der Waals surface area (Å²) in [5.74, 6) is -2.56. The maximum Gasteiger partial charge on any atom is 0.257 e. The molecule has 0 aromatic carbocycles. The zero-order valence-corrected chi connectivity index (χ0v) is 8.58. The predicted molar refractivity (Wildman–Crippen MR) is 49.7 cm³/mol. The van der Waals surface area contributed by atoms with Crippen LogP contribution in [-0.4, -0.2) is 19.0 Å². The van der Waals surface area contributed by atoms with Gasteiger partial charge >= 0.3 is 0 Å². The molecule has 0 atom stereocenters. The Labute approximate surface area is 74.5 Å². The minimum atomic E-state index is -2.56. The zero-order valence-electron chi connectivity index (χ0n) is 8.58. The lowest BCUT2D eigenvalue weighted by Crippen LogP contribution is -2.30. The first kappa shape index (κ1) is 14.3. The van der Waals surface area contributed by atoms with Crippen LogP contribution in [0.5, 0.6) is 0 Å². The van der Waals surface area contributed by atoms with Crippen molar-refractivity contribution in [2.75, 3.05) is 13.1 Å². The van der Waals surface area contributed by atoms with Crippen molar-refractivity contribution in [1.29, 1.82) is 0 Å². The van der Waals surface area contributed by atoms with Crippen LogP contribution in [0.3, 0.4) is 0 Å². The summed E-state index contributed by atoms with van der Waals surface area (Å²) in [6.45, 7) is 7.45. The Bertz CT molecular complexity index is 79.1. The highest BCUT2D eigenvalue weighted by Gasteiger charge is 2.19. The molecule has 0 unspecified atom stereocenters. The van der Waals surface area contributed by atoms with E-state index in [2.05, 4.69) is 5.32 Å². The van der Waals surface area contributed by atoms with Gasteiger partial charge in [0, 0.05) is 6.92 Å². The molecule has 0 rings (SSSR count). The molecule has 12 heavy (non-hydrogen) atoms. The Morgan fingerprint density at radius 3 is 2.08 bits per heavy atom. The number of alkyl halides is 2. The number of unbranched alkanes of at least 4 members (excludes halogenated alkanes) is 1. The standard InChI is InChI=1S/C7H15F2N.C2H6/c1-3-4-5-10-6-7(2,8)9;1-2/h10H,3-6H2,1-2H3;1-2H3. The van der Waals surface area contributed by atoms with Crippen LogP contribution in [0.15, 0.2) is 0 Å². The lowest BCUT2D eigenvalue weighted by molar-refractivity contribution is 0.0229. The number of rotatable bonds is 5. The van der Waals surface area contributed by atoms with E-state index < -0.39 is 5.92 Å². The van der Waals surface area contributed by atoms with Crippen LogP contribution in [0, 0.1) is 0 Å². The Hall–Kier alpha value is -0.180. The minimum absolute atomic E-state index is 0.201. The van der Waals surface area contributed by atoms with Crippen molar-refractivity contribution in [1.82, 2.24) is 5.32 Å². The second-order valence-corrected chi connectivity index (χ2v) is 2.60. The van der Waals surface area contributed by atoms with Crippen LogP contribution in [0.2, 0.25) is 0 Å². The van der Waals surface area contributed by atoms with E-state index >= 15 is 0 Å². The smallest absolute Gasteiger partial charge is 0.257 e. The van der Waals surface area contributed by atoms with Gasteiger partial charge in [-0.1, -0.05) is 27.2 Å². The van der Waals surface area contributed by atoms with Crippen LogP contribution in [0.4, 0.5) is 8.78 Å². The molecule has 0 amide bonds. The van der Waals surface area contributed by atoms with Crippen LogP contribution in [0.25, 0.3) is 0 Å². The molecule has 3 heteroatoms. The van der Waals surface area contributed by atoms with Crippen LogP contribution >= 0.6 is 0 Å². The topological polar surface area (TPSA) is 12.0 Å². The van der Waals surface area contributed by atoms with Crippen molar-refractivity contribution >= 4 is 0 Å². The van der Waals surface area contributed by atoms with E-state index in [9.17, 15) is 8.78 Å². The Morgan fingerprint density at radius 1 is 1.25 bits per heavy atom. The SMILES string of the molecule is CC.CCCCNCC(C)(F)F. The quantitative estimate of drug-likeness (QED) is 0.643. The summed E-state index contributed by atoms with van der Waals surface area (Å²) in [6, 6.07) is 0. The van der Waals surface area contributed by atoms with Crippen LogP contribution < -0.4 is 5.32 Å². The second kappa shape index (κ2) is 8.91. The molecule has 0 saturated carbocycles. The lowest BCUT2D eigenvalue weighted by atomic mass is 10.3. The van der Waals surface area contributed by atoms with E-state index in [0.29, 0.717) is 6.54 Å². The molecule has 76 valence electrons. The van der Waals surface area contributed by atoms with Gasteiger partial charge in [-0.05, 0) is 13.0 Å². The average molecular weight is 181 g/mol. The second-order valence-electron chi connectivity index (χ2n) is 2.60. The van der Waals surface area contributed by atoms with Crippen LogP contribution in [-0.2, 0) is 0 Å². The summed E-state index contributed by atoms with van der Waals surface area (Å²) in [5, 5.41) is 2.68. The number of halogens is 2. The predicted octanol–water partition coefficient (Wildman–Crippen LogP) is 3.06. The first-order valence-electron chi connectivity index (χ1n) is 4.65. The van der Waals surface area contributed by atoms with Gasteiger partial charge in [-0.15, -0.1) is 0 Å². The van der Waals surface area contributed by atoms with Gasteiger partial charge in [-0.25, -0.2) is 8.78 Å². The van der Waals surface area contributed by atoms with Crippen molar-refractivity contribution in [3.05, 3.63) is 0 Å². The van der Waals surface area contributed by atoms with Crippen molar-refractivity contribution in [2.45, 2.75) is 46.5 Å². The summed E-state index contributed by atoms with van der Waals surface area (Å²) in [4.78, 5) is 0. The highest BCUT2D eigenvalue weighted by atomic mass is 19.3. The van der Waals surface area contributed by atoms with E-state index in [1.54, 1.807) is 0 Å². The fourth-order valence-electron chi connectivity index (χ4n) is 0.610. The van der Waals surface area contributed by atoms with E-state index in [1.165, 1.54) is 0 Å². The minimum Gasteiger partial charge on any atom is -0.311 e. The average Bonchev–Trinajstić information content (AvgIpc) is 2.01. The van der Waals surface area contributed by atoms with Gasteiger partial charge < -0.3 is 5.32 Å². The highest BCUT2D eigenvalue weighted by molar-refractivity contribution is 4.61. The third kappa shape index (κ3) is 16.4. The molecule has 0 radical (unpaired) electrons. The van der Waals surface area contributed by atoms with Crippen molar-refractivity contribution in [3.63, 3.8) is 0 Å². The first-order chi connectivity index (χ1) is 5.56. The third-order valence-corrected chi connectivity index (χ3v) is 1.14. The summed E-state index contributed by atoms with van der Waals surface area (Å²) in [7, 11) is 0. The Morgan fingerprint density at radius 2 is 1.75 bits per heavy atom. The zero-order chi connectivity index (χ0) is 10.0. The summed E-state index contributed by atoms with van der Waals surface area (Å²) >= 11 is 0. The fourth-order valence-corrected chi connectivity index (χ4v) is 0.610. The monoisotopic (exact) mass is 181 g/mol. The highest BCUT2D eigenvalue weighted by Crippen LogP contribution is 2.08. The normalized spacial score (nSPS) is 10.5. The maximum absolute atomic E-state index is 12.1. The van der Waals surface area contributed by atoms with E-state index in [1.807, 2.05) is 20.8 Å². The molecule has 0 saturated heterocycles. The molecule has 1 nitrogen and oxygen atoms in total. The molecule has 0 aromatic heterocycles. The fraction of sp³-hybridized carbons (Fsp3) is 1.00. The molecule has 0 aliphatic heterocycles. The van der Waals surface area contributed by atoms with Crippen molar-refractivity contribution < 1.29 is 8.78 Å². The van der Waals surface area contributed by atoms with E-state index in [0.717, 1.165) is 19.8 Å². The molecule has 0 aliphatic rings. The van der Waals surface area contributed by atoms with Gasteiger partial charge in [-0.2, -0.15) is 0 Å². The van der Waals surface area contributed by atoms with Gasteiger partial charge in [0.15, 0.2) is 0 Å². The maximum atomic E-state index is 12.1.